The second-order valence-electron chi connectivity index (χ2n) is 21.6. The number of benzene rings is 3. The minimum Gasteiger partial charge on any atom is -0.489 e. The number of rotatable bonds is 12. The number of hydrogen-bond donors (Lipinski definition) is 4. The largest absolute Gasteiger partial charge is 0.489 e. The molecule has 2 saturated heterocycles. The lowest BCUT2D eigenvalue weighted by molar-refractivity contribution is -0.384. The predicted octanol–water partition coefficient (Wildman–Crippen LogP) is 10.2. The van der Waals surface area contributed by atoms with Gasteiger partial charge in [0.2, 0.25) is 0 Å². The summed E-state index contributed by atoms with van der Waals surface area (Å²) in [5.41, 5.74) is 3.67. The van der Waals surface area contributed by atoms with E-state index in [0.29, 0.717) is 55.0 Å². The number of piperidine rings is 1. The molecule has 3 aromatic carbocycles. The van der Waals surface area contributed by atoms with Gasteiger partial charge in [-0.3, -0.25) is 19.8 Å². The number of aliphatic hydroxyl groups is 1. The van der Waals surface area contributed by atoms with Crippen LogP contribution in [0.4, 0.5) is 21.5 Å². The van der Waals surface area contributed by atoms with Crippen molar-refractivity contribution >= 4 is 44.0 Å². The number of fused-ring (bicyclic) bond motifs is 2. The van der Waals surface area contributed by atoms with E-state index in [1.54, 1.807) is 25.1 Å². The van der Waals surface area contributed by atoms with Gasteiger partial charge in [-0.05, 0) is 137 Å². The van der Waals surface area contributed by atoms with Crippen molar-refractivity contribution in [1.29, 1.82) is 0 Å². The maximum Gasteiger partial charge on any atom is 0.297 e. The number of halogens is 1. The summed E-state index contributed by atoms with van der Waals surface area (Å²) in [5.74, 6) is -0.574. The van der Waals surface area contributed by atoms with Gasteiger partial charge in [-0.15, -0.1) is 0 Å². The van der Waals surface area contributed by atoms with Crippen molar-refractivity contribution in [3.05, 3.63) is 105 Å². The number of H-pyrrole nitrogens is 1. The highest BCUT2D eigenvalue weighted by molar-refractivity contribution is 7.90. The highest BCUT2D eigenvalue weighted by atomic mass is 32.2. The average molecular weight is 976 g/mol. The van der Waals surface area contributed by atoms with E-state index in [-0.39, 0.29) is 63.8 Å². The molecule has 2 atom stereocenters. The van der Waals surface area contributed by atoms with E-state index >= 15 is 4.39 Å². The van der Waals surface area contributed by atoms with Gasteiger partial charge in [-0.25, -0.2) is 22.5 Å². The van der Waals surface area contributed by atoms with Crippen LogP contribution in [0.2, 0.25) is 0 Å². The number of carbonyl (C=O) groups excluding carboxylic acids is 1. The lowest BCUT2D eigenvalue weighted by Crippen LogP contribution is -2.54. The number of likely N-dealkylation sites (tertiary alicyclic amines) is 1. The summed E-state index contributed by atoms with van der Waals surface area (Å²) >= 11 is 0. The molecule has 70 heavy (non-hydrogen) atoms. The molecular formula is C53H62FN7O8S. The number of hydrogen-bond acceptors (Lipinski definition) is 12. The van der Waals surface area contributed by atoms with Gasteiger partial charge in [-0.1, -0.05) is 38.1 Å². The first kappa shape index (κ1) is 46.6. The molecule has 370 valence electrons. The predicted molar refractivity (Wildman–Crippen MR) is 264 cm³/mol. The Balaban J connectivity index is 0.838. The van der Waals surface area contributed by atoms with Crippen molar-refractivity contribution in [2.24, 2.45) is 11.3 Å². The molecule has 1 amide bonds. The fraction of sp³-hybridized carbons (Fsp3) is 0.509. The highest BCUT2D eigenvalue weighted by Crippen LogP contribution is 2.55. The number of anilines is 2. The fourth-order valence-corrected chi connectivity index (χ4v) is 13.3. The zero-order valence-corrected chi connectivity index (χ0v) is 40.8. The van der Waals surface area contributed by atoms with Gasteiger partial charge in [0.15, 0.2) is 11.4 Å². The van der Waals surface area contributed by atoms with Crippen LogP contribution in [0.25, 0.3) is 11.0 Å². The first-order valence-electron chi connectivity index (χ1n) is 25.1. The Morgan fingerprint density at radius 2 is 1.76 bits per heavy atom. The maximum absolute atomic E-state index is 15.0. The summed E-state index contributed by atoms with van der Waals surface area (Å²) in [5, 5.41) is 26.4. The van der Waals surface area contributed by atoms with Gasteiger partial charge in [0.1, 0.15) is 29.6 Å². The van der Waals surface area contributed by atoms with Crippen LogP contribution in [0.3, 0.4) is 0 Å². The molecule has 0 bridgehead atoms. The Hall–Kier alpha value is -5.78. The molecule has 0 unspecified atom stereocenters. The monoisotopic (exact) mass is 975 g/mol. The number of ether oxygens (including phenoxy) is 2. The zero-order chi connectivity index (χ0) is 48.7. The molecule has 5 heterocycles. The first-order valence-corrected chi connectivity index (χ1v) is 26.6. The number of nitrogens with one attached hydrogen (secondary N) is 3. The summed E-state index contributed by atoms with van der Waals surface area (Å²) in [7, 11) is -4.72. The molecule has 3 aliphatic carbocycles. The number of aromatic nitrogens is 2. The highest BCUT2D eigenvalue weighted by Gasteiger charge is 2.50. The lowest BCUT2D eigenvalue weighted by atomic mass is 9.59. The van der Waals surface area contributed by atoms with Gasteiger partial charge in [0.25, 0.3) is 21.6 Å². The van der Waals surface area contributed by atoms with Crippen molar-refractivity contribution in [2.75, 3.05) is 36.5 Å². The molecule has 15 nitrogen and oxygen atoms in total. The van der Waals surface area contributed by atoms with E-state index in [2.05, 4.69) is 62.9 Å². The van der Waals surface area contributed by atoms with E-state index in [9.17, 15) is 28.4 Å². The number of nitro groups is 1. The van der Waals surface area contributed by atoms with Gasteiger partial charge in [0.05, 0.1) is 38.1 Å². The van der Waals surface area contributed by atoms with Crippen LogP contribution in [-0.2, 0) is 10.0 Å². The van der Waals surface area contributed by atoms with E-state index in [0.717, 1.165) is 57.1 Å². The van der Waals surface area contributed by atoms with Crippen molar-refractivity contribution in [3.8, 4) is 17.2 Å². The first-order chi connectivity index (χ1) is 33.5. The molecule has 3 saturated carbocycles. The number of nitrogens with zero attached hydrogens (tertiary/aromatic N) is 4. The van der Waals surface area contributed by atoms with E-state index in [4.69, 9.17) is 14.5 Å². The van der Waals surface area contributed by atoms with Crippen LogP contribution in [0.15, 0.2) is 71.8 Å². The Kier molecular flexibility index (Phi) is 11.9. The molecule has 5 fully saturated rings. The second-order valence-corrected chi connectivity index (χ2v) is 23.3. The number of aromatic amines is 1. The third-order valence-electron chi connectivity index (χ3n) is 16.5. The molecule has 0 radical (unpaired) electrons. The molecule has 17 heteroatoms. The smallest absolute Gasteiger partial charge is 0.297 e. The Labute approximate surface area is 407 Å². The number of sulfonamides is 1. The van der Waals surface area contributed by atoms with Crippen molar-refractivity contribution in [1.82, 2.24) is 19.6 Å². The van der Waals surface area contributed by atoms with E-state index in [1.807, 2.05) is 0 Å². The summed E-state index contributed by atoms with van der Waals surface area (Å²) < 4.78 is 58.0. The molecular weight excluding hydrogens is 914 g/mol. The van der Waals surface area contributed by atoms with Crippen LogP contribution in [-0.4, -0.2) is 83.1 Å². The summed E-state index contributed by atoms with van der Waals surface area (Å²) in [6.45, 7) is 9.21. The van der Waals surface area contributed by atoms with Crippen LogP contribution >= 0.6 is 0 Å². The quantitative estimate of drug-likeness (QED) is 0.0684. The van der Waals surface area contributed by atoms with Crippen molar-refractivity contribution in [2.45, 2.75) is 138 Å². The number of carbonyl (C=O) groups is 1. The number of amides is 1. The van der Waals surface area contributed by atoms with Crippen LogP contribution in [0.5, 0.6) is 17.2 Å². The average Bonchev–Trinajstić information content (AvgIpc) is 3.96. The van der Waals surface area contributed by atoms with Gasteiger partial charge in [0, 0.05) is 61.2 Å². The molecule has 3 aliphatic heterocycles. The van der Waals surface area contributed by atoms with Gasteiger partial charge >= 0.3 is 0 Å². The van der Waals surface area contributed by atoms with Crippen molar-refractivity contribution in [3.63, 3.8) is 0 Å². The molecule has 11 rings (SSSR count). The van der Waals surface area contributed by atoms with Crippen LogP contribution < -0.4 is 24.4 Å². The lowest BCUT2D eigenvalue weighted by Gasteiger charge is -2.56. The third kappa shape index (κ3) is 8.86. The summed E-state index contributed by atoms with van der Waals surface area (Å²) in [6, 6.07) is 18.4. The number of pyridine rings is 1. The summed E-state index contributed by atoms with van der Waals surface area (Å²) in [6.07, 6.45) is 12.3. The standard InChI is InChI=1S/C53H62FN7O8S/c1-31(2)37-7-4-5-8-38(37)43-9-6-20-60(43)35-27-53(28-35)18-21-59(22-19-53)34-12-13-39(45(23-34)69-47-26-40-41(54)29-55-50(40)57-48(47)33-10-11-33)51(62)58-70(66,67)36-24-44(61(64)65)49-46(25-36)68-30-42(56-49)32-14-16-52(3,63)17-15-32/h4-5,7-8,12-13,23-26,29,31-33,35,42-43,56,63H,6,9-11,14-22,27-28,30H2,1-3H3,(H,55,57)(H,58,62)/t32-,42-,43-,52-/m1/s1. The molecule has 2 aromatic heterocycles. The topological polar surface area (TPSA) is 192 Å². The third-order valence-corrected chi connectivity index (χ3v) is 17.8. The van der Waals surface area contributed by atoms with Crippen molar-refractivity contribution < 1.29 is 37.1 Å². The molecule has 5 aromatic rings. The Morgan fingerprint density at radius 3 is 2.49 bits per heavy atom. The minimum absolute atomic E-state index is 0.0182. The van der Waals surface area contributed by atoms with E-state index < -0.39 is 42.9 Å². The van der Waals surface area contributed by atoms with Gasteiger partial charge in [-0.2, -0.15) is 0 Å². The Morgan fingerprint density at radius 1 is 1.00 bits per heavy atom. The SMILES string of the molecule is CC(C)c1ccccc1[C@H]1CCCN1C1CC2(CCN(c3ccc(C(=O)NS(=O)(=O)c4cc5c(c([N+](=O)[O-])c4)N[C@@H]([C@H]4CC[C@](C)(O)CC4)CO5)c(Oc4cc5c(F)c[nH]c5nc4C4CC4)c3)CC2)C1. The van der Waals surface area contributed by atoms with E-state index in [1.165, 1.54) is 55.1 Å². The van der Waals surface area contributed by atoms with Crippen LogP contribution in [0.1, 0.15) is 143 Å². The maximum atomic E-state index is 15.0. The minimum atomic E-state index is -4.72. The normalized spacial score (nSPS) is 24.8. The fourth-order valence-electron chi connectivity index (χ4n) is 12.3. The summed E-state index contributed by atoms with van der Waals surface area (Å²) in [4.78, 5) is 38.3. The second kappa shape index (κ2) is 17.8. The number of nitro benzene ring substituents is 1. The van der Waals surface area contributed by atoms with Crippen LogP contribution in [0, 0.1) is 27.3 Å². The zero-order valence-electron chi connectivity index (χ0n) is 40.0. The molecule has 1 spiro atoms. The van der Waals surface area contributed by atoms with Gasteiger partial charge < -0.3 is 29.8 Å². The molecule has 6 aliphatic rings. The Bertz CT molecular complexity index is 2970. The molecule has 4 N–H and O–H groups in total.